The molecule has 24 heavy (non-hydrogen) atoms. The van der Waals surface area contributed by atoms with Gasteiger partial charge in [0.2, 0.25) is 0 Å². The molecule has 0 fully saturated rings. The average molecular weight is 330 g/mol. The molecule has 0 unspecified atom stereocenters. The van der Waals surface area contributed by atoms with Crippen LogP contribution in [0.15, 0.2) is 39.9 Å². The first kappa shape index (κ1) is 17.7. The molecule has 2 aromatic rings. The van der Waals surface area contributed by atoms with Gasteiger partial charge < -0.3 is 10.6 Å². The minimum Gasteiger partial charge on any atom is -0.370 e. The summed E-state index contributed by atoms with van der Waals surface area (Å²) in [5, 5.41) is 6.34. The number of nitrogens with one attached hydrogen (secondary N) is 2. The standard InChI is InChI=1S/C17H22N4O3/c1-12(22)14-6-4-13(5-7-14)11-18-8-9-19-15-10-16(23)21(3)17(24)20(15)2/h4-7,10,18-19H,8-9,11H2,1-3H3. The number of benzene rings is 1. The van der Waals surface area contributed by atoms with Crippen molar-refractivity contribution in [1.29, 1.82) is 0 Å². The van der Waals surface area contributed by atoms with Crippen LogP contribution in [0.1, 0.15) is 22.8 Å². The van der Waals surface area contributed by atoms with E-state index < -0.39 is 0 Å². The lowest BCUT2D eigenvalue weighted by Gasteiger charge is -2.12. The highest BCUT2D eigenvalue weighted by molar-refractivity contribution is 5.93. The summed E-state index contributed by atoms with van der Waals surface area (Å²) < 4.78 is 2.47. The fourth-order valence-corrected chi connectivity index (χ4v) is 2.27. The number of hydrogen-bond acceptors (Lipinski definition) is 5. The zero-order valence-corrected chi connectivity index (χ0v) is 14.1. The molecule has 2 N–H and O–H groups in total. The first-order valence-electron chi connectivity index (χ1n) is 7.71. The van der Waals surface area contributed by atoms with Gasteiger partial charge in [0.15, 0.2) is 5.78 Å². The third kappa shape index (κ3) is 4.20. The highest BCUT2D eigenvalue weighted by atomic mass is 16.2. The highest BCUT2D eigenvalue weighted by Gasteiger charge is 2.04. The first-order chi connectivity index (χ1) is 11.4. The van der Waals surface area contributed by atoms with Crippen LogP contribution in [-0.4, -0.2) is 28.0 Å². The van der Waals surface area contributed by atoms with Gasteiger partial charge >= 0.3 is 5.69 Å². The number of rotatable bonds is 7. The van der Waals surface area contributed by atoms with Crippen LogP contribution < -0.4 is 21.9 Å². The molecule has 0 spiro atoms. The van der Waals surface area contributed by atoms with Gasteiger partial charge in [-0.2, -0.15) is 0 Å². The van der Waals surface area contributed by atoms with Crippen molar-refractivity contribution in [1.82, 2.24) is 14.5 Å². The second-order valence-electron chi connectivity index (χ2n) is 5.63. The van der Waals surface area contributed by atoms with Crippen LogP contribution in [0.4, 0.5) is 5.82 Å². The number of nitrogens with zero attached hydrogens (tertiary/aromatic N) is 2. The van der Waals surface area contributed by atoms with E-state index in [2.05, 4.69) is 10.6 Å². The van der Waals surface area contributed by atoms with E-state index in [1.165, 1.54) is 17.7 Å². The summed E-state index contributed by atoms with van der Waals surface area (Å²) >= 11 is 0. The molecular formula is C17H22N4O3. The topological polar surface area (TPSA) is 85.1 Å². The van der Waals surface area contributed by atoms with Gasteiger partial charge in [0, 0.05) is 45.4 Å². The van der Waals surface area contributed by atoms with Gasteiger partial charge in [-0.3, -0.25) is 18.7 Å². The normalized spacial score (nSPS) is 10.6. The molecular weight excluding hydrogens is 308 g/mol. The predicted molar refractivity (Wildman–Crippen MR) is 93.6 cm³/mol. The van der Waals surface area contributed by atoms with Crippen molar-refractivity contribution in [2.45, 2.75) is 13.5 Å². The van der Waals surface area contributed by atoms with Crippen LogP contribution >= 0.6 is 0 Å². The third-order valence-electron chi connectivity index (χ3n) is 3.82. The minimum atomic E-state index is -0.358. The lowest BCUT2D eigenvalue weighted by atomic mass is 10.1. The van der Waals surface area contributed by atoms with E-state index in [-0.39, 0.29) is 17.0 Å². The van der Waals surface area contributed by atoms with E-state index in [4.69, 9.17) is 0 Å². The number of Topliss-reactive ketones (excluding diaryl/α,β-unsaturated/α-hetero) is 1. The fraction of sp³-hybridized carbons (Fsp3) is 0.353. The number of aromatic nitrogens is 2. The molecule has 1 aromatic carbocycles. The Bertz CT molecular complexity index is 834. The molecule has 0 bridgehead atoms. The maximum atomic E-state index is 11.8. The molecule has 0 atom stereocenters. The molecule has 0 saturated heterocycles. The number of ketones is 1. The molecule has 0 aliphatic rings. The largest absolute Gasteiger partial charge is 0.370 e. The van der Waals surface area contributed by atoms with E-state index >= 15 is 0 Å². The Morgan fingerprint density at radius 1 is 1.04 bits per heavy atom. The lowest BCUT2D eigenvalue weighted by Crippen LogP contribution is -2.38. The Labute approximate surface area is 139 Å². The molecule has 1 heterocycles. The molecule has 2 rings (SSSR count). The van der Waals surface area contributed by atoms with Crippen molar-refractivity contribution in [2.24, 2.45) is 14.1 Å². The lowest BCUT2D eigenvalue weighted by molar-refractivity contribution is 0.101. The summed E-state index contributed by atoms with van der Waals surface area (Å²) in [5.74, 6) is 0.550. The number of carbonyl (C=O) groups is 1. The van der Waals surface area contributed by atoms with Crippen molar-refractivity contribution in [3.8, 4) is 0 Å². The molecule has 1 aromatic heterocycles. The molecule has 7 nitrogen and oxygen atoms in total. The van der Waals surface area contributed by atoms with Crippen molar-refractivity contribution in [3.05, 3.63) is 62.3 Å². The van der Waals surface area contributed by atoms with Crippen LogP contribution in [0, 0.1) is 0 Å². The third-order valence-corrected chi connectivity index (χ3v) is 3.82. The summed E-state index contributed by atoms with van der Waals surface area (Å²) in [6.07, 6.45) is 0. The molecule has 7 heteroatoms. The van der Waals surface area contributed by atoms with Crippen molar-refractivity contribution < 1.29 is 4.79 Å². The Balaban J connectivity index is 1.82. The van der Waals surface area contributed by atoms with Crippen LogP contribution in [-0.2, 0) is 20.6 Å². The van der Waals surface area contributed by atoms with Crippen LogP contribution in [0.2, 0.25) is 0 Å². The minimum absolute atomic E-state index is 0.0540. The Morgan fingerprint density at radius 2 is 1.71 bits per heavy atom. The number of carbonyl (C=O) groups excluding carboxylic acids is 1. The van der Waals surface area contributed by atoms with Gasteiger partial charge in [0.05, 0.1) is 0 Å². The molecule has 0 radical (unpaired) electrons. The van der Waals surface area contributed by atoms with E-state index in [9.17, 15) is 14.4 Å². The van der Waals surface area contributed by atoms with Gasteiger partial charge in [-0.1, -0.05) is 24.3 Å². The van der Waals surface area contributed by atoms with Gasteiger partial charge in [0.25, 0.3) is 5.56 Å². The monoisotopic (exact) mass is 330 g/mol. The zero-order valence-electron chi connectivity index (χ0n) is 14.1. The van der Waals surface area contributed by atoms with Gasteiger partial charge in [-0.25, -0.2) is 4.79 Å². The molecule has 0 aliphatic heterocycles. The molecule has 0 aliphatic carbocycles. The number of hydrogen-bond donors (Lipinski definition) is 2. The second kappa shape index (κ2) is 7.74. The first-order valence-corrected chi connectivity index (χ1v) is 7.71. The van der Waals surface area contributed by atoms with E-state index in [0.717, 1.165) is 10.1 Å². The van der Waals surface area contributed by atoms with Crippen LogP contribution in [0.3, 0.4) is 0 Å². The maximum absolute atomic E-state index is 11.8. The SMILES string of the molecule is CC(=O)c1ccc(CNCCNc2cc(=O)n(C)c(=O)n2C)cc1. The predicted octanol–water partition coefficient (Wildman–Crippen LogP) is 0.488. The highest BCUT2D eigenvalue weighted by Crippen LogP contribution is 2.04. The van der Waals surface area contributed by atoms with E-state index in [0.29, 0.717) is 31.0 Å². The van der Waals surface area contributed by atoms with Gasteiger partial charge in [0.1, 0.15) is 5.82 Å². The Hall–Kier alpha value is -2.67. The Kier molecular flexibility index (Phi) is 5.70. The smallest absolute Gasteiger partial charge is 0.332 e. The maximum Gasteiger partial charge on any atom is 0.332 e. The quantitative estimate of drug-likeness (QED) is 0.570. The van der Waals surface area contributed by atoms with E-state index in [1.54, 1.807) is 14.0 Å². The van der Waals surface area contributed by atoms with Gasteiger partial charge in [-0.05, 0) is 12.5 Å². The summed E-state index contributed by atoms with van der Waals surface area (Å²) in [5.41, 5.74) is 1.09. The Morgan fingerprint density at radius 3 is 2.33 bits per heavy atom. The van der Waals surface area contributed by atoms with Crippen molar-refractivity contribution >= 4 is 11.6 Å². The van der Waals surface area contributed by atoms with Gasteiger partial charge in [-0.15, -0.1) is 0 Å². The summed E-state index contributed by atoms with van der Waals surface area (Å²) in [6.45, 7) is 3.46. The fourth-order valence-electron chi connectivity index (χ4n) is 2.27. The van der Waals surface area contributed by atoms with Crippen molar-refractivity contribution in [3.63, 3.8) is 0 Å². The summed E-state index contributed by atoms with van der Waals surface area (Å²) in [6, 6.07) is 8.87. The number of anilines is 1. The van der Waals surface area contributed by atoms with Crippen molar-refractivity contribution in [2.75, 3.05) is 18.4 Å². The van der Waals surface area contributed by atoms with Crippen LogP contribution in [0.5, 0.6) is 0 Å². The van der Waals surface area contributed by atoms with E-state index in [1.807, 2.05) is 24.3 Å². The molecule has 0 saturated carbocycles. The average Bonchev–Trinajstić information content (AvgIpc) is 2.57. The second-order valence-corrected chi connectivity index (χ2v) is 5.63. The molecule has 128 valence electrons. The summed E-state index contributed by atoms with van der Waals surface area (Å²) in [7, 11) is 3.07. The summed E-state index contributed by atoms with van der Waals surface area (Å²) in [4.78, 5) is 34.7. The molecule has 0 amide bonds. The zero-order chi connectivity index (χ0) is 17.7. The van der Waals surface area contributed by atoms with Crippen LogP contribution in [0.25, 0.3) is 0 Å².